The first-order valence-corrected chi connectivity index (χ1v) is 8.32. The maximum atomic E-state index is 13.4. The first-order chi connectivity index (χ1) is 10.1. The van der Waals surface area contributed by atoms with Gasteiger partial charge in [-0.05, 0) is 25.5 Å². The lowest BCUT2D eigenvalue weighted by molar-refractivity contribution is -0.166. The van der Waals surface area contributed by atoms with Crippen LogP contribution in [0.2, 0.25) is 0 Å². The van der Waals surface area contributed by atoms with Crippen LogP contribution >= 0.6 is 11.3 Å². The molecule has 1 heterocycles. The molecular formula is C13H11F2NO4S2. The maximum Gasteiger partial charge on any atom is 0.385 e. The Bertz CT molecular complexity index is 843. The zero-order valence-corrected chi connectivity index (χ0v) is 13.1. The first-order valence-electron chi connectivity index (χ1n) is 5.96. The molecule has 0 amide bonds. The molecule has 0 unspecified atom stereocenters. The molecule has 0 spiro atoms. The van der Waals surface area contributed by atoms with E-state index in [1.807, 2.05) is 0 Å². The third-order valence-corrected chi connectivity index (χ3v) is 6.09. The van der Waals surface area contributed by atoms with Crippen LogP contribution in [-0.4, -0.2) is 24.5 Å². The van der Waals surface area contributed by atoms with Crippen molar-refractivity contribution in [3.05, 3.63) is 40.4 Å². The number of hydrogen-bond donors (Lipinski definition) is 1. The van der Waals surface area contributed by atoms with Gasteiger partial charge in [0.15, 0.2) is 0 Å². The molecule has 0 aliphatic heterocycles. The molecule has 0 atom stereocenters. The summed E-state index contributed by atoms with van der Waals surface area (Å²) in [5, 5.41) is 9.20. The number of hydrogen-bond acceptors (Lipinski definition) is 5. The minimum Gasteiger partial charge on any atom is -0.476 e. The fourth-order valence-electron chi connectivity index (χ4n) is 1.83. The quantitative estimate of drug-likeness (QED) is 0.919. The Morgan fingerprint density at radius 1 is 1.32 bits per heavy atom. The molecule has 1 aromatic heterocycles. The van der Waals surface area contributed by atoms with E-state index in [2.05, 4.69) is 4.98 Å². The minimum atomic E-state index is -4.23. The minimum absolute atomic E-state index is 0.0439. The number of rotatable bonds is 4. The van der Waals surface area contributed by atoms with Gasteiger partial charge in [-0.15, -0.1) is 11.3 Å². The number of benzene rings is 1. The SMILES string of the molecule is Cc1ccc(S(=O)(=O)c2nc(C(F)(F)C(=O)O)cs2)c(C)c1. The average Bonchev–Trinajstić information content (AvgIpc) is 2.88. The van der Waals surface area contributed by atoms with Gasteiger partial charge in [-0.2, -0.15) is 8.78 Å². The van der Waals surface area contributed by atoms with Crippen LogP contribution in [0.4, 0.5) is 8.78 Å². The summed E-state index contributed by atoms with van der Waals surface area (Å²) in [6.45, 7) is 3.37. The van der Waals surface area contributed by atoms with Crippen molar-refractivity contribution in [1.29, 1.82) is 0 Å². The first kappa shape index (κ1) is 16.5. The molecule has 1 aromatic carbocycles. The molecule has 5 nitrogen and oxygen atoms in total. The van der Waals surface area contributed by atoms with E-state index in [4.69, 9.17) is 5.11 Å². The fourth-order valence-corrected chi connectivity index (χ4v) is 4.45. The summed E-state index contributed by atoms with van der Waals surface area (Å²) in [6.07, 6.45) is 0. The van der Waals surface area contributed by atoms with E-state index in [0.717, 1.165) is 10.9 Å². The normalized spacial score (nSPS) is 12.4. The Balaban J connectivity index is 2.52. The molecule has 118 valence electrons. The second-order valence-corrected chi connectivity index (χ2v) is 7.60. The lowest BCUT2D eigenvalue weighted by Crippen LogP contribution is -2.25. The van der Waals surface area contributed by atoms with E-state index < -0.39 is 31.8 Å². The Morgan fingerprint density at radius 3 is 2.50 bits per heavy atom. The Morgan fingerprint density at radius 2 is 1.95 bits per heavy atom. The average molecular weight is 347 g/mol. The smallest absolute Gasteiger partial charge is 0.385 e. The van der Waals surface area contributed by atoms with Crippen molar-refractivity contribution in [2.45, 2.75) is 29.0 Å². The van der Waals surface area contributed by atoms with Gasteiger partial charge in [0.25, 0.3) is 0 Å². The summed E-state index contributed by atoms with van der Waals surface area (Å²) < 4.78 is 51.0. The van der Waals surface area contributed by atoms with Crippen LogP contribution in [0, 0.1) is 13.8 Å². The maximum absolute atomic E-state index is 13.4. The van der Waals surface area contributed by atoms with Gasteiger partial charge in [-0.25, -0.2) is 18.2 Å². The number of halogens is 2. The van der Waals surface area contributed by atoms with E-state index in [9.17, 15) is 22.0 Å². The van der Waals surface area contributed by atoms with Crippen LogP contribution < -0.4 is 0 Å². The monoisotopic (exact) mass is 347 g/mol. The molecule has 2 rings (SSSR count). The third kappa shape index (κ3) is 2.73. The highest BCUT2D eigenvalue weighted by molar-refractivity contribution is 7.93. The second-order valence-electron chi connectivity index (χ2n) is 4.65. The molecule has 0 saturated heterocycles. The van der Waals surface area contributed by atoms with Crippen molar-refractivity contribution in [1.82, 2.24) is 4.98 Å². The molecule has 0 fully saturated rings. The van der Waals surface area contributed by atoms with Crippen LogP contribution in [0.1, 0.15) is 16.8 Å². The Labute approximate surface area is 129 Å². The Hall–Kier alpha value is -1.87. The molecule has 0 saturated carbocycles. The lowest BCUT2D eigenvalue weighted by Gasteiger charge is -2.07. The van der Waals surface area contributed by atoms with E-state index in [0.29, 0.717) is 16.9 Å². The molecule has 0 bridgehead atoms. The van der Waals surface area contributed by atoms with E-state index in [1.54, 1.807) is 26.0 Å². The number of carbonyl (C=O) groups is 1. The third-order valence-electron chi connectivity index (χ3n) is 2.92. The number of sulfone groups is 1. The van der Waals surface area contributed by atoms with Gasteiger partial charge in [0.2, 0.25) is 14.2 Å². The van der Waals surface area contributed by atoms with Gasteiger partial charge in [0.05, 0.1) is 4.90 Å². The molecule has 2 aromatic rings. The number of carboxylic acid groups (broad SMARTS) is 1. The lowest BCUT2D eigenvalue weighted by atomic mass is 10.2. The summed E-state index contributed by atoms with van der Waals surface area (Å²) in [6, 6.07) is 4.60. The zero-order chi connectivity index (χ0) is 16.7. The van der Waals surface area contributed by atoms with Gasteiger partial charge >= 0.3 is 11.9 Å². The fraction of sp³-hybridized carbons (Fsp3) is 0.231. The summed E-state index contributed by atoms with van der Waals surface area (Å²) in [5.74, 6) is -6.61. The molecule has 1 N–H and O–H groups in total. The predicted molar refractivity (Wildman–Crippen MR) is 75.0 cm³/mol. The van der Waals surface area contributed by atoms with Crippen LogP contribution in [0.25, 0.3) is 0 Å². The summed E-state index contributed by atoms with van der Waals surface area (Å²) in [4.78, 5) is 13.8. The van der Waals surface area contributed by atoms with Crippen LogP contribution in [0.5, 0.6) is 0 Å². The van der Waals surface area contributed by atoms with Crippen LogP contribution in [0.3, 0.4) is 0 Å². The van der Waals surface area contributed by atoms with E-state index >= 15 is 0 Å². The molecule has 9 heteroatoms. The van der Waals surface area contributed by atoms with E-state index in [1.165, 1.54) is 6.07 Å². The number of aryl methyl sites for hydroxylation is 2. The van der Waals surface area contributed by atoms with Crippen LogP contribution in [-0.2, 0) is 20.6 Å². The molecule has 0 radical (unpaired) electrons. The van der Waals surface area contributed by atoms with Crippen molar-refractivity contribution in [2.24, 2.45) is 0 Å². The number of carboxylic acids is 1. The van der Waals surface area contributed by atoms with Crippen LogP contribution in [0.15, 0.2) is 32.8 Å². The summed E-state index contributed by atoms with van der Waals surface area (Å²) >= 11 is 0.466. The zero-order valence-electron chi connectivity index (χ0n) is 11.5. The molecule has 0 aliphatic carbocycles. The van der Waals surface area contributed by atoms with Crippen molar-refractivity contribution < 1.29 is 27.1 Å². The molecule has 0 aliphatic rings. The van der Waals surface area contributed by atoms with E-state index in [-0.39, 0.29) is 4.90 Å². The van der Waals surface area contributed by atoms with Gasteiger partial charge in [-0.3, -0.25) is 0 Å². The van der Waals surface area contributed by atoms with Crippen molar-refractivity contribution >= 4 is 27.1 Å². The van der Waals surface area contributed by atoms with Crippen molar-refractivity contribution in [2.75, 3.05) is 0 Å². The van der Waals surface area contributed by atoms with Crippen molar-refractivity contribution in [3.63, 3.8) is 0 Å². The highest BCUT2D eigenvalue weighted by Gasteiger charge is 2.44. The Kier molecular flexibility index (Phi) is 4.05. The van der Waals surface area contributed by atoms with Gasteiger partial charge in [0.1, 0.15) is 5.69 Å². The summed E-state index contributed by atoms with van der Waals surface area (Å²) in [5.41, 5.74) is 0.226. The standard InChI is InChI=1S/C13H11F2NO4S2/c1-7-3-4-9(8(2)5-7)22(19,20)12-16-10(6-21-12)13(14,15)11(17)18/h3-6H,1-2H3,(H,17,18). The number of aromatic nitrogens is 1. The van der Waals surface area contributed by atoms with Gasteiger partial charge in [-0.1, -0.05) is 17.7 Å². The topological polar surface area (TPSA) is 84.3 Å². The predicted octanol–water partition coefficient (Wildman–Crippen LogP) is 2.77. The van der Waals surface area contributed by atoms with Gasteiger partial charge < -0.3 is 5.11 Å². The largest absolute Gasteiger partial charge is 0.476 e. The molecule has 22 heavy (non-hydrogen) atoms. The molecular weight excluding hydrogens is 336 g/mol. The number of thiazole rings is 1. The second kappa shape index (κ2) is 5.40. The van der Waals surface area contributed by atoms with Gasteiger partial charge in [0, 0.05) is 5.38 Å². The number of aliphatic carboxylic acids is 1. The summed E-state index contributed by atoms with van der Waals surface area (Å²) in [7, 11) is -4.07. The van der Waals surface area contributed by atoms with Crippen molar-refractivity contribution in [3.8, 4) is 0 Å². The number of alkyl halides is 2. The highest BCUT2D eigenvalue weighted by atomic mass is 32.2. The number of nitrogens with zero attached hydrogens (tertiary/aromatic N) is 1. The highest BCUT2D eigenvalue weighted by Crippen LogP contribution is 2.33.